The second-order valence-electron chi connectivity index (χ2n) is 11.1. The molecule has 0 atom stereocenters. The second-order valence-corrected chi connectivity index (χ2v) is 11.1. The van der Waals surface area contributed by atoms with Crippen molar-refractivity contribution < 1.29 is 23.4 Å². The Balaban J connectivity index is 1.42. The Morgan fingerprint density at radius 3 is 2.60 bits per heavy atom. The van der Waals surface area contributed by atoms with E-state index in [-0.39, 0.29) is 5.69 Å². The van der Waals surface area contributed by atoms with Gasteiger partial charge < -0.3 is 14.4 Å². The molecule has 0 spiro atoms. The first kappa shape index (κ1) is 27.9. The molecule has 3 aromatic carbocycles. The summed E-state index contributed by atoms with van der Waals surface area (Å²) in [6.45, 7) is 0.992. The number of fused-ring (bicyclic) bond motifs is 3. The van der Waals surface area contributed by atoms with Crippen LogP contribution in [0.25, 0.3) is 32.8 Å². The van der Waals surface area contributed by atoms with Crippen LogP contribution in [0.5, 0.6) is 5.75 Å². The lowest BCUT2D eigenvalue weighted by Crippen LogP contribution is -2.12. The van der Waals surface area contributed by atoms with Crippen LogP contribution in [-0.4, -0.2) is 38.5 Å². The molecule has 6 nitrogen and oxygen atoms in total. The summed E-state index contributed by atoms with van der Waals surface area (Å²) in [7, 11) is 1.82. The van der Waals surface area contributed by atoms with Crippen LogP contribution < -0.4 is 4.74 Å². The van der Waals surface area contributed by atoms with Crippen LogP contribution in [0.15, 0.2) is 60.7 Å². The molecule has 0 bridgehead atoms. The van der Waals surface area contributed by atoms with Crippen molar-refractivity contribution in [1.29, 1.82) is 0 Å². The topological polar surface area (TPSA) is 69.3 Å². The molecule has 2 aromatic heterocycles. The van der Waals surface area contributed by atoms with Gasteiger partial charge in [-0.05, 0) is 49.1 Å². The summed E-state index contributed by atoms with van der Waals surface area (Å²) < 4.78 is 37.2. The first-order valence-electron chi connectivity index (χ1n) is 14.7. The van der Waals surface area contributed by atoms with E-state index in [0.29, 0.717) is 31.7 Å². The molecule has 1 N–H and O–H groups in total. The third kappa shape index (κ3) is 5.26. The number of benzene rings is 3. The number of carboxylic acids is 1. The van der Waals surface area contributed by atoms with E-state index < -0.39 is 18.8 Å². The minimum absolute atomic E-state index is 0.280. The molecule has 0 unspecified atom stereocenters. The Labute approximate surface area is 243 Å². The van der Waals surface area contributed by atoms with E-state index in [1.165, 1.54) is 0 Å². The zero-order chi connectivity index (χ0) is 29.2. The van der Waals surface area contributed by atoms with E-state index in [0.717, 1.165) is 81.9 Å². The number of alkyl halides is 2. The molecule has 0 radical (unpaired) electrons. The average molecular weight is 572 g/mol. The van der Waals surface area contributed by atoms with Crippen molar-refractivity contribution in [3.63, 3.8) is 0 Å². The summed E-state index contributed by atoms with van der Waals surface area (Å²) in [5.41, 5.74) is 4.65. The smallest absolute Gasteiger partial charge is 0.352 e. The molecule has 6 rings (SSSR count). The molecular weight excluding hydrogens is 536 g/mol. The number of hydrogen-bond donors (Lipinski definition) is 1. The van der Waals surface area contributed by atoms with Gasteiger partial charge in [0, 0.05) is 41.2 Å². The molecule has 1 aliphatic rings. The summed E-state index contributed by atoms with van der Waals surface area (Å²) in [5, 5.41) is 18.0. The third-order valence-corrected chi connectivity index (χ3v) is 8.37. The number of aromatic carboxylic acids is 1. The van der Waals surface area contributed by atoms with Gasteiger partial charge in [0.25, 0.3) is 0 Å². The lowest BCUT2D eigenvalue weighted by molar-refractivity contribution is 0.0684. The summed E-state index contributed by atoms with van der Waals surface area (Å²) in [4.78, 5) is 12.8. The third-order valence-electron chi connectivity index (χ3n) is 8.37. The fourth-order valence-corrected chi connectivity index (χ4v) is 6.58. The summed E-state index contributed by atoms with van der Waals surface area (Å²) in [5.74, 6) is -0.169. The summed E-state index contributed by atoms with van der Waals surface area (Å²) in [6.07, 6.45) is 2.64. The number of halogens is 2. The molecule has 0 amide bonds. The highest BCUT2D eigenvalue weighted by molar-refractivity contribution is 6.04. The molecule has 42 heavy (non-hydrogen) atoms. The SMILES string of the molecule is Cn1nc(CC(F)F)c2c1CCCCCCn1c(C(=O)O)c(CCCOc3cccc4ccccc34)c3cccc-2c31. The highest BCUT2D eigenvalue weighted by Gasteiger charge is 2.28. The standard InChI is InChI=1S/C34H35F2N3O3/c1-38-28-17-4-2-3-7-19-39-32-24(14-9-15-26(32)31(28)27(37-38)21-30(35)36)25(33(39)34(40)41)16-10-20-42-29-18-8-12-22-11-5-6-13-23(22)29/h5-6,8-9,11-15,18,30H,2-4,7,10,16-17,19-21H2,1H3,(H,40,41). The van der Waals surface area contributed by atoms with E-state index >= 15 is 0 Å². The molecule has 0 saturated heterocycles. The van der Waals surface area contributed by atoms with E-state index in [1.807, 2.05) is 72.3 Å². The van der Waals surface area contributed by atoms with E-state index in [4.69, 9.17) is 4.74 Å². The molecule has 0 fully saturated rings. The van der Waals surface area contributed by atoms with Gasteiger partial charge in [-0.15, -0.1) is 0 Å². The lowest BCUT2D eigenvalue weighted by atomic mass is 9.95. The van der Waals surface area contributed by atoms with Gasteiger partial charge in [-0.2, -0.15) is 5.10 Å². The normalized spacial score (nSPS) is 13.8. The highest BCUT2D eigenvalue weighted by atomic mass is 19.3. The van der Waals surface area contributed by atoms with Crippen LogP contribution in [0.4, 0.5) is 8.78 Å². The Morgan fingerprint density at radius 1 is 1.00 bits per heavy atom. The van der Waals surface area contributed by atoms with Gasteiger partial charge in [0.1, 0.15) is 11.4 Å². The zero-order valence-electron chi connectivity index (χ0n) is 23.8. The second kappa shape index (κ2) is 12.0. The minimum Gasteiger partial charge on any atom is -0.493 e. The van der Waals surface area contributed by atoms with Gasteiger partial charge in [-0.25, -0.2) is 13.6 Å². The van der Waals surface area contributed by atoms with Crippen molar-refractivity contribution in [2.45, 2.75) is 64.3 Å². The predicted octanol–water partition coefficient (Wildman–Crippen LogP) is 7.83. The number of carbonyl (C=O) groups is 1. The van der Waals surface area contributed by atoms with Crippen molar-refractivity contribution in [3.05, 3.63) is 83.3 Å². The number of ether oxygens (including phenoxy) is 1. The van der Waals surface area contributed by atoms with Crippen molar-refractivity contribution in [3.8, 4) is 16.9 Å². The molecular formula is C34H35F2N3O3. The van der Waals surface area contributed by atoms with E-state index in [1.54, 1.807) is 4.68 Å². The van der Waals surface area contributed by atoms with Crippen molar-refractivity contribution in [1.82, 2.24) is 14.3 Å². The van der Waals surface area contributed by atoms with Crippen LogP contribution in [0.3, 0.4) is 0 Å². The van der Waals surface area contributed by atoms with E-state index in [2.05, 4.69) is 5.10 Å². The van der Waals surface area contributed by atoms with Crippen molar-refractivity contribution in [2.24, 2.45) is 7.05 Å². The minimum atomic E-state index is -2.53. The molecule has 8 heteroatoms. The van der Waals surface area contributed by atoms with Crippen LogP contribution in [0, 0.1) is 0 Å². The molecule has 0 saturated carbocycles. The average Bonchev–Trinajstić information content (AvgIpc) is 3.44. The summed E-state index contributed by atoms with van der Waals surface area (Å²) in [6, 6.07) is 19.8. The fraction of sp³-hybridized carbons (Fsp3) is 0.353. The Hall–Kier alpha value is -4.20. The Bertz CT molecular complexity index is 1750. The monoisotopic (exact) mass is 571 g/mol. The molecule has 5 aromatic rings. The van der Waals surface area contributed by atoms with Crippen LogP contribution in [0.1, 0.15) is 59.5 Å². The van der Waals surface area contributed by atoms with Crippen molar-refractivity contribution in [2.75, 3.05) is 6.61 Å². The fourth-order valence-electron chi connectivity index (χ4n) is 6.58. The van der Waals surface area contributed by atoms with Crippen LogP contribution >= 0.6 is 0 Å². The molecule has 1 aliphatic heterocycles. The van der Waals surface area contributed by atoms with Gasteiger partial charge in [0.2, 0.25) is 6.43 Å². The quantitative estimate of drug-likeness (QED) is 0.193. The van der Waals surface area contributed by atoms with Gasteiger partial charge in [-0.1, -0.05) is 67.4 Å². The highest BCUT2D eigenvalue weighted by Crippen LogP contribution is 2.40. The van der Waals surface area contributed by atoms with Gasteiger partial charge in [-0.3, -0.25) is 4.68 Å². The number of aromatic nitrogens is 3. The molecule has 3 heterocycles. The van der Waals surface area contributed by atoms with Gasteiger partial charge in [0.05, 0.1) is 24.2 Å². The predicted molar refractivity (Wildman–Crippen MR) is 161 cm³/mol. The van der Waals surface area contributed by atoms with Crippen molar-refractivity contribution >= 4 is 27.6 Å². The maximum absolute atomic E-state index is 13.7. The number of carboxylic acid groups (broad SMARTS) is 1. The number of hydrogen-bond acceptors (Lipinski definition) is 3. The zero-order valence-corrected chi connectivity index (χ0v) is 23.8. The number of aryl methyl sites for hydroxylation is 3. The largest absolute Gasteiger partial charge is 0.493 e. The maximum atomic E-state index is 13.7. The van der Waals surface area contributed by atoms with Crippen LogP contribution in [-0.2, 0) is 32.9 Å². The molecule has 218 valence electrons. The molecule has 0 aliphatic carbocycles. The maximum Gasteiger partial charge on any atom is 0.352 e. The number of rotatable bonds is 8. The number of para-hydroxylation sites is 1. The first-order valence-corrected chi connectivity index (χ1v) is 14.7. The first-order chi connectivity index (χ1) is 20.4. The van der Waals surface area contributed by atoms with E-state index in [9.17, 15) is 18.7 Å². The van der Waals surface area contributed by atoms with Gasteiger partial charge >= 0.3 is 5.97 Å². The lowest BCUT2D eigenvalue weighted by Gasteiger charge is -2.13. The summed E-state index contributed by atoms with van der Waals surface area (Å²) >= 11 is 0. The Kier molecular flexibility index (Phi) is 7.96. The van der Waals surface area contributed by atoms with Crippen LogP contribution in [0.2, 0.25) is 0 Å². The van der Waals surface area contributed by atoms with Gasteiger partial charge in [0.15, 0.2) is 0 Å². The Morgan fingerprint density at radius 2 is 1.76 bits per heavy atom. The number of nitrogens with zero attached hydrogens (tertiary/aromatic N) is 3.